The first-order valence-electron chi connectivity index (χ1n) is 11.7. The van der Waals surface area contributed by atoms with Crippen LogP contribution in [0, 0.1) is 6.92 Å². The maximum absolute atomic E-state index is 13.0. The van der Waals surface area contributed by atoms with Crippen molar-refractivity contribution in [1.29, 1.82) is 0 Å². The number of anilines is 1. The molecule has 2 heterocycles. The smallest absolute Gasteiger partial charge is 0.416 e. The van der Waals surface area contributed by atoms with Crippen LogP contribution in [-0.4, -0.2) is 72.2 Å². The van der Waals surface area contributed by atoms with Crippen molar-refractivity contribution in [3.8, 4) is 17.0 Å². The second-order valence-electron chi connectivity index (χ2n) is 8.69. The van der Waals surface area contributed by atoms with Crippen LogP contribution in [0.15, 0.2) is 18.2 Å². The summed E-state index contributed by atoms with van der Waals surface area (Å²) in [5.41, 5.74) is 0.334. The van der Waals surface area contributed by atoms with E-state index in [0.717, 1.165) is 31.5 Å². The number of alkyl halides is 3. The molecule has 13 heteroatoms. The molecule has 37 heavy (non-hydrogen) atoms. The van der Waals surface area contributed by atoms with E-state index in [9.17, 15) is 27.9 Å². The number of likely N-dealkylation sites (tertiary alicyclic amines) is 1. The van der Waals surface area contributed by atoms with Gasteiger partial charge in [0.25, 0.3) is 0 Å². The van der Waals surface area contributed by atoms with E-state index in [4.69, 9.17) is 4.74 Å². The van der Waals surface area contributed by atoms with Gasteiger partial charge < -0.3 is 30.1 Å². The number of nitrogens with zero attached hydrogens (tertiary/aromatic N) is 3. The Morgan fingerprint density at radius 3 is 2.62 bits per heavy atom. The summed E-state index contributed by atoms with van der Waals surface area (Å²) in [5, 5.41) is 24.7. The molecule has 3 N–H and O–H groups in total. The highest BCUT2D eigenvalue weighted by Crippen LogP contribution is 2.38. The van der Waals surface area contributed by atoms with Crippen LogP contribution < -0.4 is 10.6 Å². The Balaban J connectivity index is 1.88. The van der Waals surface area contributed by atoms with Crippen molar-refractivity contribution >= 4 is 17.9 Å². The molecule has 2 aromatic rings. The SMILES string of the molecule is COC(=O)CCN1CCC[C@@H](Nc2nnc(-c3ccc(C(F)(F)F)cc3O)c(C)c2CNC(=O)OC)C1. The number of phenolic OH excluding ortho intramolecular Hbond substituents is 1. The minimum absolute atomic E-state index is 0.00350. The molecule has 1 fully saturated rings. The third-order valence-electron chi connectivity index (χ3n) is 6.22. The van der Waals surface area contributed by atoms with E-state index in [2.05, 4.69) is 30.5 Å². The van der Waals surface area contributed by atoms with Gasteiger partial charge in [0.1, 0.15) is 11.4 Å². The van der Waals surface area contributed by atoms with Gasteiger partial charge in [0.15, 0.2) is 5.82 Å². The summed E-state index contributed by atoms with van der Waals surface area (Å²) in [4.78, 5) is 25.4. The normalized spacial score (nSPS) is 16.2. The second kappa shape index (κ2) is 12.1. The number of rotatable bonds is 8. The average molecular weight is 526 g/mol. The molecule has 1 amide bonds. The summed E-state index contributed by atoms with van der Waals surface area (Å²) in [7, 11) is 2.57. The Morgan fingerprint density at radius 1 is 1.22 bits per heavy atom. The van der Waals surface area contributed by atoms with Crippen molar-refractivity contribution < 1.29 is 37.3 Å². The first kappa shape index (κ1) is 28.0. The highest BCUT2D eigenvalue weighted by Gasteiger charge is 2.32. The number of phenols is 1. The van der Waals surface area contributed by atoms with E-state index in [1.165, 1.54) is 14.2 Å². The lowest BCUT2D eigenvalue weighted by molar-refractivity contribution is -0.141. The van der Waals surface area contributed by atoms with Gasteiger partial charge in [-0.2, -0.15) is 13.2 Å². The van der Waals surface area contributed by atoms with Crippen LogP contribution in [0.3, 0.4) is 0 Å². The Hall–Kier alpha value is -3.61. The number of carbonyl (C=O) groups is 2. The fourth-order valence-electron chi connectivity index (χ4n) is 4.21. The van der Waals surface area contributed by atoms with Gasteiger partial charge in [0, 0.05) is 30.3 Å². The van der Waals surface area contributed by atoms with Gasteiger partial charge in [0.05, 0.1) is 32.7 Å². The van der Waals surface area contributed by atoms with Crippen LogP contribution in [0.1, 0.15) is 36.0 Å². The minimum Gasteiger partial charge on any atom is -0.507 e. The van der Waals surface area contributed by atoms with Gasteiger partial charge in [-0.25, -0.2) is 4.79 Å². The van der Waals surface area contributed by atoms with E-state index >= 15 is 0 Å². The molecule has 0 bridgehead atoms. The van der Waals surface area contributed by atoms with Gasteiger partial charge in [-0.15, -0.1) is 10.2 Å². The predicted octanol–water partition coefficient (Wildman–Crippen LogP) is 3.47. The maximum Gasteiger partial charge on any atom is 0.416 e. The van der Waals surface area contributed by atoms with Crippen LogP contribution in [0.5, 0.6) is 5.75 Å². The molecule has 1 aromatic heterocycles. The van der Waals surface area contributed by atoms with Gasteiger partial charge in [-0.05, 0) is 50.1 Å². The van der Waals surface area contributed by atoms with Gasteiger partial charge >= 0.3 is 18.2 Å². The number of hydrogen-bond donors (Lipinski definition) is 3. The van der Waals surface area contributed by atoms with Crippen LogP contribution in [0.2, 0.25) is 0 Å². The zero-order valence-corrected chi connectivity index (χ0v) is 20.8. The molecule has 3 rings (SSSR count). The molecule has 10 nitrogen and oxygen atoms in total. The molecular weight excluding hydrogens is 495 g/mol. The number of alkyl carbamates (subject to hydrolysis) is 1. The molecule has 1 atom stereocenters. The third-order valence-corrected chi connectivity index (χ3v) is 6.22. The van der Waals surface area contributed by atoms with Crippen LogP contribution in [0.25, 0.3) is 11.3 Å². The average Bonchev–Trinajstić information content (AvgIpc) is 2.86. The Kier molecular flexibility index (Phi) is 9.14. The standard InChI is InChI=1S/C24H30F3N5O5/c1-14-18(12-28-23(35)37-3)22(29-16-5-4-9-32(13-16)10-8-20(34)36-2)31-30-21(14)17-7-6-15(11-19(17)33)24(25,26)27/h6-7,11,16,33H,4-5,8-10,12-13H2,1-3H3,(H,28,35)(H,29,31)/t16-/m1/s1. The second-order valence-corrected chi connectivity index (χ2v) is 8.69. The number of esters is 1. The number of aromatic hydroxyl groups is 1. The molecule has 1 aliphatic heterocycles. The lowest BCUT2D eigenvalue weighted by Crippen LogP contribution is -2.43. The number of halogens is 3. The molecule has 1 saturated heterocycles. The molecule has 0 spiro atoms. The van der Waals surface area contributed by atoms with E-state index < -0.39 is 23.6 Å². The monoisotopic (exact) mass is 525 g/mol. The fraction of sp³-hybridized carbons (Fsp3) is 0.500. The quantitative estimate of drug-likeness (QED) is 0.444. The first-order chi connectivity index (χ1) is 17.5. The number of aromatic nitrogens is 2. The highest BCUT2D eigenvalue weighted by molar-refractivity contribution is 5.73. The van der Waals surface area contributed by atoms with Crippen molar-refractivity contribution in [2.75, 3.05) is 39.2 Å². The number of amides is 1. The van der Waals surface area contributed by atoms with Crippen molar-refractivity contribution in [3.63, 3.8) is 0 Å². The van der Waals surface area contributed by atoms with Gasteiger partial charge in [0.2, 0.25) is 0 Å². The van der Waals surface area contributed by atoms with Gasteiger partial charge in [-0.3, -0.25) is 4.79 Å². The molecule has 0 saturated carbocycles. The number of nitrogens with one attached hydrogen (secondary N) is 2. The lowest BCUT2D eigenvalue weighted by atomic mass is 9.99. The van der Waals surface area contributed by atoms with E-state index in [1.807, 2.05) is 0 Å². The lowest BCUT2D eigenvalue weighted by Gasteiger charge is -2.33. The van der Waals surface area contributed by atoms with E-state index in [-0.39, 0.29) is 36.2 Å². The molecule has 0 unspecified atom stereocenters. The van der Waals surface area contributed by atoms with Crippen molar-refractivity contribution in [2.45, 2.75) is 44.9 Å². The topological polar surface area (TPSA) is 126 Å². The highest BCUT2D eigenvalue weighted by atomic mass is 19.4. The summed E-state index contributed by atoms with van der Waals surface area (Å²) >= 11 is 0. The Bertz CT molecular complexity index is 1130. The van der Waals surface area contributed by atoms with Crippen LogP contribution in [0.4, 0.5) is 23.8 Å². The number of piperidine rings is 1. The zero-order chi connectivity index (χ0) is 27.2. The number of methoxy groups -OCH3 is 2. The minimum atomic E-state index is -4.61. The molecule has 202 valence electrons. The molecule has 0 radical (unpaired) electrons. The number of benzene rings is 1. The molecular formula is C24H30F3N5O5. The largest absolute Gasteiger partial charge is 0.507 e. The maximum atomic E-state index is 13.0. The fourth-order valence-corrected chi connectivity index (χ4v) is 4.21. The Morgan fingerprint density at radius 2 is 1.97 bits per heavy atom. The van der Waals surface area contributed by atoms with Crippen LogP contribution >= 0.6 is 0 Å². The Labute approximate surface area is 212 Å². The summed E-state index contributed by atoms with van der Waals surface area (Å²) in [6.07, 6.45) is -3.28. The molecule has 1 aromatic carbocycles. The zero-order valence-electron chi connectivity index (χ0n) is 20.8. The van der Waals surface area contributed by atoms with Crippen molar-refractivity contribution in [2.24, 2.45) is 0 Å². The number of carbonyl (C=O) groups excluding carboxylic acids is 2. The van der Waals surface area contributed by atoms with Crippen molar-refractivity contribution in [3.05, 3.63) is 34.9 Å². The first-order valence-corrected chi connectivity index (χ1v) is 11.7. The number of hydrogen-bond acceptors (Lipinski definition) is 9. The van der Waals surface area contributed by atoms with Crippen molar-refractivity contribution in [1.82, 2.24) is 20.4 Å². The van der Waals surface area contributed by atoms with E-state index in [0.29, 0.717) is 36.1 Å². The van der Waals surface area contributed by atoms with Gasteiger partial charge in [-0.1, -0.05) is 0 Å². The summed E-state index contributed by atoms with van der Waals surface area (Å²) in [6.45, 7) is 3.72. The van der Waals surface area contributed by atoms with Crippen LogP contribution in [-0.2, 0) is 27.0 Å². The van der Waals surface area contributed by atoms with E-state index in [1.54, 1.807) is 6.92 Å². The summed E-state index contributed by atoms with van der Waals surface area (Å²) in [5.74, 6) is -0.480. The third kappa shape index (κ3) is 7.21. The predicted molar refractivity (Wildman–Crippen MR) is 128 cm³/mol. The summed E-state index contributed by atoms with van der Waals surface area (Å²) in [6, 6.07) is 2.61. The molecule has 0 aliphatic carbocycles. The summed E-state index contributed by atoms with van der Waals surface area (Å²) < 4.78 is 48.5. The number of ether oxygens (including phenoxy) is 2. The molecule has 1 aliphatic rings.